The minimum Gasteiger partial charge on any atom is -0.507 e. The molecule has 7 nitrogen and oxygen atoms in total. The Balaban J connectivity index is 1.73. The second kappa shape index (κ2) is 8.06. The third-order valence-corrected chi connectivity index (χ3v) is 3.94. The molecule has 2 aromatic carbocycles. The number of aromatic amines is 1. The van der Waals surface area contributed by atoms with Crippen LogP contribution in [0.3, 0.4) is 0 Å². The number of oxime groups is 1. The van der Waals surface area contributed by atoms with E-state index in [0.717, 1.165) is 16.8 Å². The summed E-state index contributed by atoms with van der Waals surface area (Å²) >= 11 is 0. The highest BCUT2D eigenvalue weighted by Gasteiger charge is 2.13. The lowest BCUT2D eigenvalue weighted by Crippen LogP contribution is -2.01. The largest absolute Gasteiger partial charge is 0.507 e. The van der Waals surface area contributed by atoms with E-state index in [2.05, 4.69) is 15.1 Å². The van der Waals surface area contributed by atoms with Gasteiger partial charge in [0.05, 0.1) is 23.9 Å². The minimum absolute atomic E-state index is 0.0171. The molecule has 0 amide bonds. The van der Waals surface area contributed by atoms with Crippen LogP contribution in [0, 0.1) is 11.3 Å². The molecule has 136 valence electrons. The van der Waals surface area contributed by atoms with E-state index in [1.54, 1.807) is 14.0 Å². The van der Waals surface area contributed by atoms with Crippen molar-refractivity contribution in [2.75, 3.05) is 13.7 Å². The van der Waals surface area contributed by atoms with E-state index >= 15 is 0 Å². The molecule has 0 aliphatic heterocycles. The van der Waals surface area contributed by atoms with Crippen LogP contribution in [0.1, 0.15) is 18.3 Å². The number of methoxy groups -OCH3 is 1. The van der Waals surface area contributed by atoms with Crippen LogP contribution < -0.4 is 4.74 Å². The zero-order chi connectivity index (χ0) is 19.2. The molecule has 0 atom stereocenters. The highest BCUT2D eigenvalue weighted by Crippen LogP contribution is 2.19. The van der Waals surface area contributed by atoms with Crippen molar-refractivity contribution >= 4 is 22.3 Å². The van der Waals surface area contributed by atoms with Crippen molar-refractivity contribution in [3.8, 4) is 11.8 Å². The molecule has 0 aliphatic rings. The Morgan fingerprint density at radius 2 is 1.96 bits per heavy atom. The number of H-pyrrole nitrogens is 1. The number of hydrogen-bond donors (Lipinski definition) is 2. The monoisotopic (exact) mass is 362 g/mol. The topological polar surface area (TPSA) is 104 Å². The molecular weight excluding hydrogens is 344 g/mol. The highest BCUT2D eigenvalue weighted by atomic mass is 16.6. The number of nitrogens with zero attached hydrogens (tertiary/aromatic N) is 3. The maximum absolute atomic E-state index is 10.2. The van der Waals surface area contributed by atoms with E-state index in [1.165, 1.54) is 0 Å². The lowest BCUT2D eigenvalue weighted by atomic mass is 10.1. The number of aromatic nitrogens is 2. The summed E-state index contributed by atoms with van der Waals surface area (Å²) in [7, 11) is 1.60. The van der Waals surface area contributed by atoms with Crippen LogP contribution in [0.25, 0.3) is 16.6 Å². The Kier molecular flexibility index (Phi) is 5.38. The fourth-order valence-electron chi connectivity index (χ4n) is 2.47. The van der Waals surface area contributed by atoms with Gasteiger partial charge in [0.2, 0.25) is 0 Å². The van der Waals surface area contributed by atoms with E-state index in [0.29, 0.717) is 11.2 Å². The van der Waals surface area contributed by atoms with Gasteiger partial charge in [-0.25, -0.2) is 4.98 Å². The van der Waals surface area contributed by atoms with Crippen molar-refractivity contribution in [2.45, 2.75) is 6.92 Å². The molecule has 0 radical (unpaired) electrons. The lowest BCUT2D eigenvalue weighted by Gasteiger charge is -2.04. The number of nitrogens with one attached hydrogen (secondary N) is 1. The highest BCUT2D eigenvalue weighted by molar-refractivity contribution is 5.98. The van der Waals surface area contributed by atoms with Crippen LogP contribution in [0.4, 0.5) is 0 Å². The van der Waals surface area contributed by atoms with Crippen LogP contribution in [0.15, 0.2) is 59.4 Å². The molecule has 0 aliphatic carbocycles. The fourth-order valence-corrected chi connectivity index (χ4v) is 2.47. The van der Waals surface area contributed by atoms with Crippen molar-refractivity contribution in [1.29, 1.82) is 5.26 Å². The van der Waals surface area contributed by atoms with Crippen LogP contribution in [0.5, 0.6) is 5.75 Å². The van der Waals surface area contributed by atoms with Crippen molar-refractivity contribution in [3.05, 3.63) is 65.7 Å². The van der Waals surface area contributed by atoms with Gasteiger partial charge >= 0.3 is 0 Å². The molecular formula is C20H18N4O3. The molecule has 1 heterocycles. The summed E-state index contributed by atoms with van der Waals surface area (Å²) < 4.78 is 5.11. The number of ether oxygens (including phenoxy) is 1. The Labute approximate surface area is 156 Å². The number of imidazole rings is 1. The Hall–Kier alpha value is -3.79. The van der Waals surface area contributed by atoms with Gasteiger partial charge in [-0.1, -0.05) is 17.3 Å². The van der Waals surface area contributed by atoms with Gasteiger partial charge in [-0.05, 0) is 48.9 Å². The van der Waals surface area contributed by atoms with Gasteiger partial charge in [0.25, 0.3) is 0 Å². The van der Waals surface area contributed by atoms with Gasteiger partial charge in [-0.3, -0.25) is 0 Å². The van der Waals surface area contributed by atoms with Gasteiger partial charge in [-0.15, -0.1) is 0 Å². The minimum atomic E-state index is -0.247. The zero-order valence-corrected chi connectivity index (χ0v) is 14.9. The van der Waals surface area contributed by atoms with Gasteiger partial charge in [0.1, 0.15) is 17.4 Å². The molecule has 0 fully saturated rings. The summed E-state index contributed by atoms with van der Waals surface area (Å²) in [6.07, 6.45) is 0. The zero-order valence-electron chi connectivity index (χ0n) is 14.9. The first-order valence-electron chi connectivity index (χ1n) is 8.20. The van der Waals surface area contributed by atoms with E-state index in [9.17, 15) is 10.4 Å². The molecule has 3 rings (SSSR count). The van der Waals surface area contributed by atoms with Gasteiger partial charge in [0, 0.05) is 0 Å². The third kappa shape index (κ3) is 4.07. The molecule has 0 spiro atoms. The molecule has 1 aromatic heterocycles. The smallest absolute Gasteiger partial charge is 0.175 e. The van der Waals surface area contributed by atoms with Crippen molar-refractivity contribution < 1.29 is 14.7 Å². The maximum atomic E-state index is 10.2. The lowest BCUT2D eigenvalue weighted by molar-refractivity contribution is 0.137. The maximum Gasteiger partial charge on any atom is 0.175 e. The van der Waals surface area contributed by atoms with Crippen LogP contribution in [0.2, 0.25) is 0 Å². The number of rotatable bonds is 6. The molecule has 0 saturated heterocycles. The summed E-state index contributed by atoms with van der Waals surface area (Å²) in [5.74, 6) is 0.788. The van der Waals surface area contributed by atoms with E-state index in [-0.39, 0.29) is 23.8 Å². The number of aliphatic hydroxyl groups excluding tert-OH is 1. The molecule has 0 unspecified atom stereocenters. The van der Waals surface area contributed by atoms with Crippen LogP contribution in [-0.2, 0) is 4.84 Å². The van der Waals surface area contributed by atoms with E-state index in [4.69, 9.17) is 9.57 Å². The molecule has 2 N–H and O–H groups in total. The average molecular weight is 362 g/mol. The molecule has 3 aromatic rings. The average Bonchev–Trinajstić information content (AvgIpc) is 3.12. The van der Waals surface area contributed by atoms with E-state index in [1.807, 2.05) is 54.6 Å². The summed E-state index contributed by atoms with van der Waals surface area (Å²) in [6, 6.07) is 16.7. The second-order valence-corrected chi connectivity index (χ2v) is 5.71. The summed E-state index contributed by atoms with van der Waals surface area (Å²) in [4.78, 5) is 12.5. The number of allylic oxidation sites excluding steroid dienone is 1. The Bertz CT molecular complexity index is 1010. The number of aliphatic hydroxyl groups is 1. The van der Waals surface area contributed by atoms with Crippen molar-refractivity contribution in [2.24, 2.45) is 5.16 Å². The predicted octanol–water partition coefficient (Wildman–Crippen LogP) is 3.80. The quantitative estimate of drug-likeness (QED) is 0.300. The standard InChI is InChI=1S/C20H18N4O3/c1-13(14-7-9-15(26-2)10-8-14)24-27-12-19(25)16(11-21)20-22-17-5-3-4-6-18(17)23-20/h3-10,25H,12H2,1-2H3,(H,22,23)/b19-16?,24-13-. The SMILES string of the molecule is COc1ccc(/C(C)=N\OCC(O)=C(C#N)c2nc3ccccc3[nH]2)cc1. The van der Waals surface area contributed by atoms with Gasteiger partial charge in [0.15, 0.2) is 18.2 Å². The van der Waals surface area contributed by atoms with Gasteiger partial charge in [-0.2, -0.15) is 5.26 Å². The number of para-hydroxylation sites is 2. The van der Waals surface area contributed by atoms with Gasteiger partial charge < -0.3 is 19.7 Å². The first-order valence-corrected chi connectivity index (χ1v) is 8.20. The van der Waals surface area contributed by atoms with Crippen molar-refractivity contribution in [3.63, 3.8) is 0 Å². The molecule has 27 heavy (non-hydrogen) atoms. The first kappa shape index (κ1) is 18.0. The summed E-state index contributed by atoms with van der Waals surface area (Å²) in [5.41, 5.74) is 3.00. The van der Waals surface area contributed by atoms with Crippen LogP contribution >= 0.6 is 0 Å². The fraction of sp³-hybridized carbons (Fsp3) is 0.150. The number of fused-ring (bicyclic) bond motifs is 1. The van der Waals surface area contributed by atoms with Crippen molar-refractivity contribution in [1.82, 2.24) is 9.97 Å². The third-order valence-electron chi connectivity index (χ3n) is 3.94. The molecule has 7 heteroatoms. The summed E-state index contributed by atoms with van der Waals surface area (Å²) in [6.45, 7) is 1.54. The van der Waals surface area contributed by atoms with Crippen LogP contribution in [-0.4, -0.2) is 34.5 Å². The summed E-state index contributed by atoms with van der Waals surface area (Å²) in [5, 5.41) is 23.6. The number of hydrogen-bond acceptors (Lipinski definition) is 6. The second-order valence-electron chi connectivity index (χ2n) is 5.71. The van der Waals surface area contributed by atoms with E-state index < -0.39 is 0 Å². The number of benzene rings is 2. The Morgan fingerprint density at radius 3 is 2.63 bits per heavy atom. The molecule has 0 saturated carbocycles. The number of nitriles is 1. The first-order chi connectivity index (χ1) is 13.1. The molecule has 0 bridgehead atoms. The Morgan fingerprint density at radius 1 is 1.22 bits per heavy atom. The predicted molar refractivity (Wildman–Crippen MR) is 102 cm³/mol. The normalized spacial score (nSPS) is 12.4.